The Morgan fingerprint density at radius 1 is 1.00 bits per heavy atom. The molecule has 0 saturated carbocycles. The second-order valence-corrected chi connectivity index (χ2v) is 10.3. The minimum Gasteiger partial charge on any atom is -0.497 e. The number of carbonyl (C=O) groups is 2. The van der Waals surface area contributed by atoms with Crippen LogP contribution < -0.4 is 14.4 Å². The Hall–Kier alpha value is -3.66. The van der Waals surface area contributed by atoms with Crippen LogP contribution >= 0.6 is 0 Å². The van der Waals surface area contributed by atoms with Gasteiger partial charge in [0.05, 0.1) is 33.0 Å². The maximum Gasteiger partial charge on any atom is 0.318 e. The second-order valence-electron chi connectivity index (χ2n) is 10.3. The van der Waals surface area contributed by atoms with E-state index in [2.05, 4.69) is 40.3 Å². The monoisotopic (exact) mass is 566 g/mol. The van der Waals surface area contributed by atoms with E-state index in [0.29, 0.717) is 44.0 Å². The number of carbonyl (C=O) groups excluding carboxylic acids is 2. The molecule has 2 saturated heterocycles. The summed E-state index contributed by atoms with van der Waals surface area (Å²) in [4.78, 5) is 42.7. The fraction of sp³-hybridized carbons (Fsp3) is 0.548. The number of amides is 2. The van der Waals surface area contributed by atoms with Gasteiger partial charge in [-0.3, -0.25) is 9.59 Å². The first kappa shape index (κ1) is 31.9. The number of likely N-dealkylation sites (tertiary alicyclic amines) is 1. The number of benzene rings is 1. The molecule has 1 aromatic carbocycles. The Bertz CT molecular complexity index is 1210. The molecule has 224 valence electrons. The van der Waals surface area contributed by atoms with E-state index in [1.54, 1.807) is 23.0 Å². The average Bonchev–Trinajstić information content (AvgIpc) is 3.66. The zero-order valence-corrected chi connectivity index (χ0v) is 25.8. The number of rotatable bonds is 5. The Balaban J connectivity index is 0.000000505. The average molecular weight is 567 g/mol. The van der Waals surface area contributed by atoms with Gasteiger partial charge in [0.15, 0.2) is 0 Å². The van der Waals surface area contributed by atoms with Crippen LogP contribution in [0.3, 0.4) is 0 Å². The molecule has 1 atom stereocenters. The Labute approximate surface area is 244 Å². The van der Waals surface area contributed by atoms with Crippen molar-refractivity contribution in [1.29, 1.82) is 0 Å². The van der Waals surface area contributed by atoms with Gasteiger partial charge in [-0.05, 0) is 70.6 Å². The summed E-state index contributed by atoms with van der Waals surface area (Å²) >= 11 is 0. The van der Waals surface area contributed by atoms with Gasteiger partial charge >= 0.3 is 6.01 Å². The van der Waals surface area contributed by atoms with Gasteiger partial charge in [0.2, 0.25) is 5.91 Å². The molecule has 0 radical (unpaired) electrons. The van der Waals surface area contributed by atoms with Crippen LogP contribution in [0.5, 0.6) is 11.8 Å². The van der Waals surface area contributed by atoms with Crippen molar-refractivity contribution in [2.45, 2.75) is 59.7 Å². The molecule has 10 heteroatoms. The molecule has 1 unspecified atom stereocenters. The van der Waals surface area contributed by atoms with Gasteiger partial charge in [-0.2, -0.15) is 9.97 Å². The van der Waals surface area contributed by atoms with E-state index in [1.807, 2.05) is 32.9 Å². The Kier molecular flexibility index (Phi) is 11.5. The first-order valence-electron chi connectivity index (χ1n) is 14.5. The number of hydrogen-bond donors (Lipinski definition) is 0. The normalized spacial score (nSPS) is 18.0. The zero-order valence-electron chi connectivity index (χ0n) is 25.8. The van der Waals surface area contributed by atoms with Gasteiger partial charge in [-0.15, -0.1) is 0 Å². The highest BCUT2D eigenvalue weighted by atomic mass is 16.5. The van der Waals surface area contributed by atoms with Crippen molar-refractivity contribution >= 4 is 17.6 Å². The van der Waals surface area contributed by atoms with E-state index in [1.165, 1.54) is 39.1 Å². The standard InChI is InChI=1S/C24H29N5O4.C5H11N.C2H6/c1-6-21(30)27-9-10-29(16(3)12-27)22-19-13-28(14-20(19)25-24(26-22)33-5)23(31)18-11-17(32-4)8-7-15(18)2;1-6-4-2-3-5-6;1-2/h6-8,11,16H,1,9-10,12-14H2,2-5H3;2-5H2,1H3;1-2H3. The Morgan fingerprint density at radius 3 is 2.27 bits per heavy atom. The van der Waals surface area contributed by atoms with Gasteiger partial charge in [0.1, 0.15) is 11.6 Å². The molecule has 0 N–H and O–H groups in total. The molecule has 3 aliphatic rings. The van der Waals surface area contributed by atoms with Crippen LogP contribution in [0.25, 0.3) is 0 Å². The topological polar surface area (TPSA) is 91.3 Å². The van der Waals surface area contributed by atoms with Crippen molar-refractivity contribution in [2.75, 3.05) is 58.9 Å². The molecule has 0 spiro atoms. The number of aryl methyl sites for hydroxylation is 1. The fourth-order valence-corrected chi connectivity index (χ4v) is 5.29. The third-order valence-electron chi connectivity index (χ3n) is 7.60. The predicted octanol–water partition coefficient (Wildman–Crippen LogP) is 3.92. The van der Waals surface area contributed by atoms with Crippen LogP contribution in [0, 0.1) is 6.92 Å². The van der Waals surface area contributed by atoms with Crippen LogP contribution in [0.15, 0.2) is 30.9 Å². The number of anilines is 1. The van der Waals surface area contributed by atoms with E-state index in [9.17, 15) is 9.59 Å². The van der Waals surface area contributed by atoms with Gasteiger partial charge < -0.3 is 29.1 Å². The van der Waals surface area contributed by atoms with Gasteiger partial charge in [-0.1, -0.05) is 26.5 Å². The Morgan fingerprint density at radius 2 is 1.71 bits per heavy atom. The first-order chi connectivity index (χ1) is 19.7. The molecule has 2 aromatic rings. The van der Waals surface area contributed by atoms with E-state index in [0.717, 1.165) is 22.6 Å². The van der Waals surface area contributed by atoms with Crippen molar-refractivity contribution in [3.8, 4) is 11.8 Å². The van der Waals surface area contributed by atoms with Crippen LogP contribution in [0.1, 0.15) is 60.8 Å². The molecule has 3 aliphatic heterocycles. The smallest absolute Gasteiger partial charge is 0.318 e. The molecule has 5 rings (SSSR count). The van der Waals surface area contributed by atoms with Crippen LogP contribution in [0.4, 0.5) is 5.82 Å². The number of nitrogens with zero attached hydrogens (tertiary/aromatic N) is 6. The molecule has 4 heterocycles. The maximum absolute atomic E-state index is 13.4. The largest absolute Gasteiger partial charge is 0.497 e. The van der Waals surface area contributed by atoms with Crippen molar-refractivity contribution < 1.29 is 19.1 Å². The van der Waals surface area contributed by atoms with Crippen LogP contribution in [0.2, 0.25) is 0 Å². The van der Waals surface area contributed by atoms with E-state index in [-0.39, 0.29) is 23.9 Å². The SMILES string of the molecule is C=CC(=O)N1CCN(c2nc(OC)nc3c2CN(C(=O)c2cc(OC)ccc2C)C3)C(C)C1.CC.CN1CCCC1. The number of fused-ring (bicyclic) bond motifs is 1. The van der Waals surface area contributed by atoms with E-state index in [4.69, 9.17) is 9.47 Å². The van der Waals surface area contributed by atoms with Crippen molar-refractivity contribution in [1.82, 2.24) is 24.7 Å². The van der Waals surface area contributed by atoms with Gasteiger partial charge in [0, 0.05) is 36.8 Å². The summed E-state index contributed by atoms with van der Waals surface area (Å²) in [7, 11) is 5.29. The minimum absolute atomic E-state index is 0.0386. The maximum atomic E-state index is 13.4. The molecule has 0 aliphatic carbocycles. The third-order valence-corrected chi connectivity index (χ3v) is 7.60. The molecule has 0 bridgehead atoms. The highest BCUT2D eigenvalue weighted by Gasteiger charge is 2.35. The number of methoxy groups -OCH3 is 2. The van der Waals surface area contributed by atoms with Crippen molar-refractivity contribution in [3.05, 3.63) is 53.2 Å². The van der Waals surface area contributed by atoms with Crippen molar-refractivity contribution in [2.24, 2.45) is 0 Å². The third kappa shape index (κ3) is 7.55. The lowest BCUT2D eigenvalue weighted by Gasteiger charge is -2.40. The summed E-state index contributed by atoms with van der Waals surface area (Å²) < 4.78 is 10.7. The van der Waals surface area contributed by atoms with E-state index < -0.39 is 0 Å². The minimum atomic E-state index is -0.0798. The summed E-state index contributed by atoms with van der Waals surface area (Å²) in [5, 5.41) is 0. The zero-order chi connectivity index (χ0) is 30.1. The second kappa shape index (κ2) is 14.8. The molecule has 2 amide bonds. The lowest BCUT2D eigenvalue weighted by atomic mass is 10.1. The summed E-state index contributed by atoms with van der Waals surface area (Å²) in [6.45, 7) is 16.7. The lowest BCUT2D eigenvalue weighted by Crippen LogP contribution is -2.54. The highest BCUT2D eigenvalue weighted by Crippen LogP contribution is 2.34. The molecular weight excluding hydrogens is 520 g/mol. The van der Waals surface area contributed by atoms with E-state index >= 15 is 0 Å². The van der Waals surface area contributed by atoms with Gasteiger partial charge in [0.25, 0.3) is 5.91 Å². The number of hydrogen-bond acceptors (Lipinski definition) is 8. The van der Waals surface area contributed by atoms with Crippen LogP contribution in [-0.2, 0) is 17.9 Å². The molecule has 41 heavy (non-hydrogen) atoms. The highest BCUT2D eigenvalue weighted by molar-refractivity contribution is 5.96. The fourth-order valence-electron chi connectivity index (χ4n) is 5.29. The molecular formula is C31H46N6O4. The number of aromatic nitrogens is 2. The predicted molar refractivity (Wildman–Crippen MR) is 162 cm³/mol. The van der Waals surface area contributed by atoms with Gasteiger partial charge in [-0.25, -0.2) is 0 Å². The summed E-state index contributed by atoms with van der Waals surface area (Å²) in [6.07, 6.45) is 4.17. The summed E-state index contributed by atoms with van der Waals surface area (Å²) in [5.41, 5.74) is 3.19. The lowest BCUT2D eigenvalue weighted by molar-refractivity contribution is -0.126. The van der Waals surface area contributed by atoms with Crippen molar-refractivity contribution in [3.63, 3.8) is 0 Å². The number of piperazine rings is 1. The first-order valence-corrected chi connectivity index (χ1v) is 14.5. The molecule has 2 fully saturated rings. The number of ether oxygens (including phenoxy) is 2. The summed E-state index contributed by atoms with van der Waals surface area (Å²) in [5.74, 6) is 1.25. The van der Waals surface area contributed by atoms with Crippen LogP contribution in [-0.4, -0.2) is 96.5 Å². The summed E-state index contributed by atoms with van der Waals surface area (Å²) in [6, 6.07) is 5.81. The molecule has 1 aromatic heterocycles. The quantitative estimate of drug-likeness (QED) is 0.503. The molecule has 10 nitrogen and oxygen atoms in total.